The fraction of sp³-hybridized carbons (Fsp3) is 0.545. The number of hydrogen-bond donors (Lipinski definition) is 2. The van der Waals surface area contributed by atoms with Crippen LogP contribution in [-0.2, 0) is 4.74 Å². The van der Waals surface area contributed by atoms with E-state index in [9.17, 15) is 5.11 Å². The summed E-state index contributed by atoms with van der Waals surface area (Å²) in [6.45, 7) is 1.43. The maximum absolute atomic E-state index is 10.0. The normalized spacial score (nSPS) is 24.4. The summed E-state index contributed by atoms with van der Waals surface area (Å²) in [5.41, 5.74) is -0.773. The van der Waals surface area contributed by atoms with Crippen LogP contribution in [0.15, 0.2) is 18.2 Å². The maximum Gasteiger partial charge on any atom is 0.214 e. The summed E-state index contributed by atoms with van der Waals surface area (Å²) in [4.78, 5) is 4.20. The van der Waals surface area contributed by atoms with Crippen LogP contribution in [0.5, 0.6) is 5.88 Å². The predicted molar refractivity (Wildman–Crippen MR) is 59.7 cm³/mol. The van der Waals surface area contributed by atoms with Gasteiger partial charge in [-0.2, -0.15) is 4.98 Å². The lowest BCUT2D eigenvalue weighted by atomic mass is 10.0. The van der Waals surface area contributed by atoms with Gasteiger partial charge in [-0.15, -0.1) is 0 Å². The molecule has 1 saturated heterocycles. The van der Waals surface area contributed by atoms with E-state index in [1.165, 1.54) is 0 Å². The SMILES string of the molecule is COc1cccc(NCC2(O)CCOC2)n1. The molecule has 5 heteroatoms. The van der Waals surface area contributed by atoms with Crippen LogP contribution in [0.25, 0.3) is 0 Å². The Morgan fingerprint density at radius 3 is 3.19 bits per heavy atom. The zero-order chi connectivity index (χ0) is 11.4. The summed E-state index contributed by atoms with van der Waals surface area (Å²) >= 11 is 0. The van der Waals surface area contributed by atoms with Crippen LogP contribution in [0, 0.1) is 0 Å². The number of methoxy groups -OCH3 is 1. The Balaban J connectivity index is 1.93. The van der Waals surface area contributed by atoms with E-state index < -0.39 is 5.60 Å². The fourth-order valence-corrected chi connectivity index (χ4v) is 1.62. The summed E-state index contributed by atoms with van der Waals surface area (Å²) in [7, 11) is 1.57. The number of nitrogens with zero attached hydrogens (tertiary/aromatic N) is 1. The smallest absolute Gasteiger partial charge is 0.214 e. The number of nitrogens with one attached hydrogen (secondary N) is 1. The van der Waals surface area contributed by atoms with Crippen molar-refractivity contribution in [1.82, 2.24) is 4.98 Å². The Kier molecular flexibility index (Phi) is 3.26. The quantitative estimate of drug-likeness (QED) is 0.786. The van der Waals surface area contributed by atoms with Crippen LogP contribution in [0.2, 0.25) is 0 Å². The summed E-state index contributed by atoms with van der Waals surface area (Å²) < 4.78 is 10.2. The van der Waals surface area contributed by atoms with Gasteiger partial charge >= 0.3 is 0 Å². The van der Waals surface area contributed by atoms with Crippen molar-refractivity contribution < 1.29 is 14.6 Å². The molecule has 0 saturated carbocycles. The van der Waals surface area contributed by atoms with Crippen LogP contribution in [0.1, 0.15) is 6.42 Å². The van der Waals surface area contributed by atoms with Gasteiger partial charge in [0.2, 0.25) is 5.88 Å². The molecule has 1 aromatic heterocycles. The Bertz CT molecular complexity index is 351. The highest BCUT2D eigenvalue weighted by molar-refractivity contribution is 5.37. The van der Waals surface area contributed by atoms with Crippen molar-refractivity contribution in [2.24, 2.45) is 0 Å². The third-order valence-electron chi connectivity index (χ3n) is 2.61. The number of aromatic nitrogens is 1. The second-order valence-electron chi connectivity index (χ2n) is 3.95. The van der Waals surface area contributed by atoms with Crippen molar-refractivity contribution in [1.29, 1.82) is 0 Å². The number of rotatable bonds is 4. The summed E-state index contributed by atoms with van der Waals surface area (Å²) in [6.07, 6.45) is 0.657. The molecule has 2 N–H and O–H groups in total. The predicted octanol–water partition coefficient (Wildman–Crippen LogP) is 0.653. The van der Waals surface area contributed by atoms with Crippen molar-refractivity contribution >= 4 is 5.82 Å². The minimum atomic E-state index is -0.773. The molecule has 0 aromatic carbocycles. The fourth-order valence-electron chi connectivity index (χ4n) is 1.62. The van der Waals surface area contributed by atoms with Gasteiger partial charge in [0.05, 0.1) is 13.7 Å². The molecular weight excluding hydrogens is 208 g/mol. The largest absolute Gasteiger partial charge is 0.481 e. The molecule has 16 heavy (non-hydrogen) atoms. The van der Waals surface area contributed by atoms with Gasteiger partial charge in [0, 0.05) is 25.6 Å². The number of hydrogen-bond acceptors (Lipinski definition) is 5. The Morgan fingerprint density at radius 2 is 2.50 bits per heavy atom. The molecule has 2 rings (SSSR count). The standard InChI is InChI=1S/C11H16N2O3/c1-15-10-4-2-3-9(13-10)12-7-11(14)5-6-16-8-11/h2-4,14H,5-8H2,1H3,(H,12,13). The van der Waals surface area contributed by atoms with Gasteiger partial charge in [-0.05, 0) is 6.07 Å². The molecule has 0 amide bonds. The highest BCUT2D eigenvalue weighted by Crippen LogP contribution is 2.19. The lowest BCUT2D eigenvalue weighted by Gasteiger charge is -2.20. The van der Waals surface area contributed by atoms with Gasteiger partial charge in [0.25, 0.3) is 0 Å². The van der Waals surface area contributed by atoms with Crippen LogP contribution in [-0.4, -0.2) is 42.6 Å². The second kappa shape index (κ2) is 4.67. The van der Waals surface area contributed by atoms with Gasteiger partial charge in [-0.25, -0.2) is 0 Å². The minimum absolute atomic E-state index is 0.379. The molecule has 1 aromatic rings. The Labute approximate surface area is 94.4 Å². The van der Waals surface area contributed by atoms with Gasteiger partial charge < -0.3 is 19.9 Å². The average Bonchev–Trinajstić information content (AvgIpc) is 2.75. The van der Waals surface area contributed by atoms with Crippen LogP contribution in [0.3, 0.4) is 0 Å². The molecule has 0 aliphatic carbocycles. The molecule has 1 fully saturated rings. The Morgan fingerprint density at radius 1 is 1.62 bits per heavy atom. The van der Waals surface area contributed by atoms with Crippen LogP contribution < -0.4 is 10.1 Å². The summed E-state index contributed by atoms with van der Waals surface area (Å²) in [5.74, 6) is 1.25. The first-order valence-electron chi connectivity index (χ1n) is 5.27. The van der Waals surface area contributed by atoms with Gasteiger partial charge in [-0.3, -0.25) is 0 Å². The molecule has 2 heterocycles. The minimum Gasteiger partial charge on any atom is -0.481 e. The van der Waals surface area contributed by atoms with E-state index in [0.29, 0.717) is 37.9 Å². The number of pyridine rings is 1. The first-order valence-corrected chi connectivity index (χ1v) is 5.27. The van der Waals surface area contributed by atoms with E-state index in [1.807, 2.05) is 12.1 Å². The molecule has 0 radical (unpaired) electrons. The third-order valence-corrected chi connectivity index (χ3v) is 2.61. The topological polar surface area (TPSA) is 63.6 Å². The number of ether oxygens (including phenoxy) is 2. The molecule has 1 unspecified atom stereocenters. The van der Waals surface area contributed by atoms with E-state index in [0.717, 1.165) is 0 Å². The van der Waals surface area contributed by atoms with Crippen molar-refractivity contribution in [2.75, 3.05) is 32.2 Å². The average molecular weight is 224 g/mol. The van der Waals surface area contributed by atoms with E-state index in [-0.39, 0.29) is 0 Å². The van der Waals surface area contributed by atoms with Crippen molar-refractivity contribution in [3.05, 3.63) is 18.2 Å². The van der Waals surface area contributed by atoms with Crippen molar-refractivity contribution in [3.8, 4) is 5.88 Å². The molecule has 1 aliphatic heterocycles. The zero-order valence-corrected chi connectivity index (χ0v) is 9.27. The number of anilines is 1. The Hall–Kier alpha value is -1.33. The molecule has 0 spiro atoms. The second-order valence-corrected chi connectivity index (χ2v) is 3.95. The van der Waals surface area contributed by atoms with Gasteiger partial charge in [-0.1, -0.05) is 6.07 Å². The maximum atomic E-state index is 10.0. The van der Waals surface area contributed by atoms with Crippen molar-refractivity contribution in [3.63, 3.8) is 0 Å². The molecule has 5 nitrogen and oxygen atoms in total. The molecule has 88 valence electrons. The summed E-state index contributed by atoms with van der Waals surface area (Å²) in [6, 6.07) is 5.46. The lowest BCUT2D eigenvalue weighted by Crippen LogP contribution is -2.37. The first kappa shape index (κ1) is 11.2. The van der Waals surface area contributed by atoms with Crippen LogP contribution >= 0.6 is 0 Å². The molecule has 1 atom stereocenters. The third kappa shape index (κ3) is 2.62. The highest BCUT2D eigenvalue weighted by atomic mass is 16.5. The van der Waals surface area contributed by atoms with Gasteiger partial charge in [0.1, 0.15) is 11.4 Å². The van der Waals surface area contributed by atoms with Gasteiger partial charge in [0.15, 0.2) is 0 Å². The van der Waals surface area contributed by atoms with E-state index >= 15 is 0 Å². The highest BCUT2D eigenvalue weighted by Gasteiger charge is 2.31. The molecule has 1 aliphatic rings. The number of aliphatic hydroxyl groups is 1. The van der Waals surface area contributed by atoms with Crippen molar-refractivity contribution in [2.45, 2.75) is 12.0 Å². The molecular formula is C11H16N2O3. The lowest BCUT2D eigenvalue weighted by molar-refractivity contribution is 0.0381. The van der Waals surface area contributed by atoms with E-state index in [2.05, 4.69) is 10.3 Å². The van der Waals surface area contributed by atoms with Crippen LogP contribution in [0.4, 0.5) is 5.82 Å². The monoisotopic (exact) mass is 224 g/mol. The van der Waals surface area contributed by atoms with E-state index in [4.69, 9.17) is 9.47 Å². The van der Waals surface area contributed by atoms with E-state index in [1.54, 1.807) is 13.2 Å². The zero-order valence-electron chi connectivity index (χ0n) is 9.27. The first-order chi connectivity index (χ1) is 7.72. The summed E-state index contributed by atoms with van der Waals surface area (Å²) in [5, 5.41) is 13.1. The molecule has 0 bridgehead atoms.